The Balaban J connectivity index is 1.93. The summed E-state index contributed by atoms with van der Waals surface area (Å²) in [6, 6.07) is 13.1. The lowest BCUT2D eigenvalue weighted by Gasteiger charge is -1.99. The largest absolute Gasteiger partial charge is 0.402 e. The van der Waals surface area contributed by atoms with Gasteiger partial charge in [-0.15, -0.1) is 0 Å². The Morgan fingerprint density at radius 2 is 1.90 bits per heavy atom. The van der Waals surface area contributed by atoms with E-state index in [1.54, 1.807) is 24.3 Å². The van der Waals surface area contributed by atoms with Crippen molar-refractivity contribution in [1.29, 1.82) is 0 Å². The molecule has 5 heteroatoms. The van der Waals surface area contributed by atoms with Gasteiger partial charge in [0.05, 0.1) is 0 Å². The molecular formula is C16H9BrFNO2. The summed E-state index contributed by atoms with van der Waals surface area (Å²) < 4.78 is 18.9. The van der Waals surface area contributed by atoms with Gasteiger partial charge in [-0.1, -0.05) is 34.1 Å². The van der Waals surface area contributed by atoms with Crippen LogP contribution in [0.2, 0.25) is 0 Å². The lowest BCUT2D eigenvalue weighted by Crippen LogP contribution is -2.05. The number of carbonyl (C=O) groups is 1. The van der Waals surface area contributed by atoms with Crippen molar-refractivity contribution in [3.63, 3.8) is 0 Å². The molecule has 2 aromatic rings. The number of nitrogens with zero attached hydrogens (tertiary/aromatic N) is 1. The molecule has 0 aromatic heterocycles. The van der Waals surface area contributed by atoms with E-state index in [4.69, 9.17) is 4.74 Å². The van der Waals surface area contributed by atoms with E-state index >= 15 is 0 Å². The molecule has 104 valence electrons. The Hall–Kier alpha value is -2.27. The molecule has 3 rings (SSSR count). The average molecular weight is 346 g/mol. The van der Waals surface area contributed by atoms with Crippen LogP contribution < -0.4 is 0 Å². The van der Waals surface area contributed by atoms with Crippen LogP contribution in [0.4, 0.5) is 4.39 Å². The van der Waals surface area contributed by atoms with Crippen molar-refractivity contribution in [3.05, 3.63) is 75.6 Å². The normalized spacial score (nSPS) is 16.0. The highest BCUT2D eigenvalue weighted by Gasteiger charge is 2.24. The summed E-state index contributed by atoms with van der Waals surface area (Å²) in [4.78, 5) is 16.0. The van der Waals surface area contributed by atoms with Gasteiger partial charge in [0.1, 0.15) is 5.82 Å². The predicted molar refractivity (Wildman–Crippen MR) is 81.1 cm³/mol. The SMILES string of the molecule is O=C1OC(c2cccc(Br)c2)=N/C1=C\c1ccc(F)cc1. The summed E-state index contributed by atoms with van der Waals surface area (Å²) in [7, 11) is 0. The standard InChI is InChI=1S/C16H9BrFNO2/c17-12-3-1-2-11(9-12)15-19-14(16(20)21-15)8-10-4-6-13(18)7-5-10/h1-9H/b14-8-. The number of hydrogen-bond acceptors (Lipinski definition) is 3. The molecule has 0 fully saturated rings. The Morgan fingerprint density at radius 1 is 1.14 bits per heavy atom. The van der Waals surface area contributed by atoms with Gasteiger partial charge in [0.15, 0.2) is 5.70 Å². The van der Waals surface area contributed by atoms with Gasteiger partial charge in [0, 0.05) is 10.0 Å². The molecular weight excluding hydrogens is 337 g/mol. The minimum atomic E-state index is -0.519. The molecule has 0 saturated carbocycles. The lowest BCUT2D eigenvalue weighted by atomic mass is 10.2. The molecule has 0 amide bonds. The van der Waals surface area contributed by atoms with E-state index in [-0.39, 0.29) is 17.4 Å². The third kappa shape index (κ3) is 3.08. The molecule has 0 aliphatic carbocycles. The summed E-state index contributed by atoms with van der Waals surface area (Å²) in [5.74, 6) is -0.589. The summed E-state index contributed by atoms with van der Waals surface area (Å²) >= 11 is 3.35. The molecule has 3 nitrogen and oxygen atoms in total. The maximum absolute atomic E-state index is 12.9. The summed E-state index contributed by atoms with van der Waals surface area (Å²) in [6.07, 6.45) is 1.56. The second-order valence-electron chi connectivity index (χ2n) is 4.40. The van der Waals surface area contributed by atoms with Crippen LogP contribution in [0, 0.1) is 5.82 Å². The molecule has 2 aromatic carbocycles. The van der Waals surface area contributed by atoms with Crippen molar-refractivity contribution in [2.24, 2.45) is 4.99 Å². The molecule has 0 atom stereocenters. The number of esters is 1. The molecule has 0 unspecified atom stereocenters. The number of ether oxygens (including phenoxy) is 1. The molecule has 0 bridgehead atoms. The van der Waals surface area contributed by atoms with Crippen LogP contribution in [0.15, 0.2) is 63.7 Å². The smallest absolute Gasteiger partial charge is 0.363 e. The molecule has 0 radical (unpaired) electrons. The third-order valence-electron chi connectivity index (χ3n) is 2.87. The molecule has 21 heavy (non-hydrogen) atoms. The molecule has 0 N–H and O–H groups in total. The van der Waals surface area contributed by atoms with Gasteiger partial charge in [-0.3, -0.25) is 0 Å². The first-order valence-corrected chi connectivity index (χ1v) is 6.95. The molecule has 0 saturated heterocycles. The van der Waals surface area contributed by atoms with Crippen LogP contribution in [0.25, 0.3) is 6.08 Å². The van der Waals surface area contributed by atoms with Crippen LogP contribution in [-0.2, 0) is 9.53 Å². The number of halogens is 2. The fourth-order valence-electron chi connectivity index (χ4n) is 1.87. The summed E-state index contributed by atoms with van der Waals surface area (Å²) in [6.45, 7) is 0. The van der Waals surface area contributed by atoms with Crippen molar-refractivity contribution in [1.82, 2.24) is 0 Å². The van der Waals surface area contributed by atoms with E-state index in [1.165, 1.54) is 12.1 Å². The van der Waals surface area contributed by atoms with Gasteiger partial charge in [-0.25, -0.2) is 14.2 Å². The minimum absolute atomic E-state index is 0.191. The number of rotatable bonds is 2. The number of carbonyl (C=O) groups excluding carboxylic acids is 1. The van der Waals surface area contributed by atoms with Crippen LogP contribution in [-0.4, -0.2) is 11.9 Å². The Bertz CT molecular complexity index is 766. The third-order valence-corrected chi connectivity index (χ3v) is 3.36. The topological polar surface area (TPSA) is 38.7 Å². The van der Waals surface area contributed by atoms with Crippen molar-refractivity contribution in [2.45, 2.75) is 0 Å². The summed E-state index contributed by atoms with van der Waals surface area (Å²) in [5.41, 5.74) is 1.58. The maximum Gasteiger partial charge on any atom is 0.363 e. The first-order chi connectivity index (χ1) is 10.1. The highest BCUT2D eigenvalue weighted by Crippen LogP contribution is 2.21. The van der Waals surface area contributed by atoms with Gasteiger partial charge in [-0.2, -0.15) is 0 Å². The highest BCUT2D eigenvalue weighted by molar-refractivity contribution is 9.10. The number of cyclic esters (lactones) is 1. The fraction of sp³-hybridized carbons (Fsp3) is 0. The predicted octanol–water partition coefficient (Wildman–Crippen LogP) is 3.93. The zero-order valence-electron chi connectivity index (χ0n) is 10.7. The minimum Gasteiger partial charge on any atom is -0.402 e. The number of benzene rings is 2. The van der Waals surface area contributed by atoms with Crippen molar-refractivity contribution < 1.29 is 13.9 Å². The Morgan fingerprint density at radius 3 is 2.62 bits per heavy atom. The van der Waals surface area contributed by atoms with Crippen molar-refractivity contribution in [3.8, 4) is 0 Å². The fourth-order valence-corrected chi connectivity index (χ4v) is 2.27. The second kappa shape index (κ2) is 5.61. The average Bonchev–Trinajstić information content (AvgIpc) is 2.83. The zero-order valence-corrected chi connectivity index (χ0v) is 12.3. The van der Waals surface area contributed by atoms with Gasteiger partial charge in [0.2, 0.25) is 5.90 Å². The van der Waals surface area contributed by atoms with E-state index in [2.05, 4.69) is 20.9 Å². The van der Waals surface area contributed by atoms with Crippen LogP contribution in [0.1, 0.15) is 11.1 Å². The van der Waals surface area contributed by atoms with Crippen molar-refractivity contribution in [2.75, 3.05) is 0 Å². The lowest BCUT2D eigenvalue weighted by molar-refractivity contribution is -0.129. The van der Waals surface area contributed by atoms with Crippen molar-refractivity contribution >= 4 is 33.9 Å². The van der Waals surface area contributed by atoms with Gasteiger partial charge in [0.25, 0.3) is 0 Å². The zero-order chi connectivity index (χ0) is 14.8. The van der Waals surface area contributed by atoms with E-state index in [1.807, 2.05) is 18.2 Å². The highest BCUT2D eigenvalue weighted by atomic mass is 79.9. The quantitative estimate of drug-likeness (QED) is 0.610. The maximum atomic E-state index is 12.9. The van der Waals surface area contributed by atoms with E-state index in [0.29, 0.717) is 11.1 Å². The second-order valence-corrected chi connectivity index (χ2v) is 5.31. The van der Waals surface area contributed by atoms with Gasteiger partial charge >= 0.3 is 5.97 Å². The number of aliphatic imine (C=N–C) groups is 1. The van der Waals surface area contributed by atoms with Gasteiger partial charge < -0.3 is 4.74 Å². The Labute approximate surface area is 128 Å². The first-order valence-electron chi connectivity index (χ1n) is 6.16. The van der Waals surface area contributed by atoms with E-state index in [9.17, 15) is 9.18 Å². The summed E-state index contributed by atoms with van der Waals surface area (Å²) in [5, 5.41) is 0. The molecule has 0 spiro atoms. The van der Waals surface area contributed by atoms with E-state index < -0.39 is 5.97 Å². The first kappa shape index (κ1) is 13.7. The van der Waals surface area contributed by atoms with Crippen LogP contribution in [0.5, 0.6) is 0 Å². The number of hydrogen-bond donors (Lipinski definition) is 0. The Kier molecular flexibility index (Phi) is 3.66. The molecule has 1 aliphatic heterocycles. The van der Waals surface area contributed by atoms with E-state index in [0.717, 1.165) is 4.47 Å². The molecule has 1 heterocycles. The van der Waals surface area contributed by atoms with Gasteiger partial charge in [-0.05, 0) is 42.0 Å². The monoisotopic (exact) mass is 345 g/mol. The molecule has 1 aliphatic rings. The van der Waals surface area contributed by atoms with Crippen LogP contribution in [0.3, 0.4) is 0 Å². The van der Waals surface area contributed by atoms with Crippen LogP contribution >= 0.6 is 15.9 Å².